The molecular formula is C19H18FN3O3. The number of aromatic nitrogens is 2. The molecule has 3 rings (SSSR count). The molecular weight excluding hydrogens is 337 g/mol. The lowest BCUT2D eigenvalue weighted by molar-refractivity contribution is 0.0734. The Morgan fingerprint density at radius 3 is 2.46 bits per heavy atom. The number of hydrogen-bond donors (Lipinski definition) is 0. The van der Waals surface area contributed by atoms with E-state index in [4.69, 9.17) is 9.26 Å². The molecule has 0 saturated heterocycles. The van der Waals surface area contributed by atoms with E-state index in [1.165, 1.54) is 24.3 Å². The van der Waals surface area contributed by atoms with Gasteiger partial charge in [0.05, 0.1) is 7.11 Å². The Hall–Kier alpha value is -3.22. The molecule has 6 nitrogen and oxygen atoms in total. The molecule has 0 saturated carbocycles. The van der Waals surface area contributed by atoms with Crippen molar-refractivity contribution in [2.45, 2.75) is 13.5 Å². The van der Waals surface area contributed by atoms with Crippen LogP contribution in [0.3, 0.4) is 0 Å². The lowest BCUT2D eigenvalue weighted by Gasteiger charge is -2.18. The smallest absolute Gasteiger partial charge is 0.254 e. The van der Waals surface area contributed by atoms with Gasteiger partial charge in [-0.05, 0) is 55.5 Å². The van der Waals surface area contributed by atoms with E-state index in [2.05, 4.69) is 10.1 Å². The maximum Gasteiger partial charge on any atom is 0.254 e. The van der Waals surface area contributed by atoms with Crippen molar-refractivity contribution in [2.75, 3.05) is 13.7 Å². The van der Waals surface area contributed by atoms with Gasteiger partial charge in [-0.1, -0.05) is 5.16 Å². The quantitative estimate of drug-likeness (QED) is 0.676. The molecule has 2 aromatic carbocycles. The molecule has 134 valence electrons. The Labute approximate surface area is 150 Å². The molecule has 0 radical (unpaired) electrons. The minimum absolute atomic E-state index is 0.176. The average molecular weight is 355 g/mol. The fourth-order valence-electron chi connectivity index (χ4n) is 2.44. The highest BCUT2D eigenvalue weighted by Gasteiger charge is 2.18. The van der Waals surface area contributed by atoms with Crippen LogP contribution in [0.15, 0.2) is 53.1 Å². The summed E-state index contributed by atoms with van der Waals surface area (Å²) in [5.74, 6) is 0.892. The first-order chi connectivity index (χ1) is 12.6. The van der Waals surface area contributed by atoms with Gasteiger partial charge in [-0.2, -0.15) is 4.98 Å². The Kier molecular flexibility index (Phi) is 5.26. The highest BCUT2D eigenvalue weighted by atomic mass is 19.1. The predicted molar refractivity (Wildman–Crippen MR) is 93.1 cm³/mol. The molecule has 0 N–H and O–H groups in total. The normalized spacial score (nSPS) is 10.6. The molecule has 1 amide bonds. The lowest BCUT2D eigenvalue weighted by atomic mass is 10.2. The second-order valence-corrected chi connectivity index (χ2v) is 5.57. The molecule has 3 aromatic rings. The Morgan fingerprint density at radius 2 is 1.85 bits per heavy atom. The predicted octanol–water partition coefficient (Wildman–Crippen LogP) is 3.55. The van der Waals surface area contributed by atoms with Crippen LogP contribution in [0.2, 0.25) is 0 Å². The van der Waals surface area contributed by atoms with Crippen molar-refractivity contribution in [3.63, 3.8) is 0 Å². The SMILES string of the molecule is CCN(Cc1nc(-c2ccc(OC)cc2)no1)C(=O)c1ccc(F)cc1. The number of halogens is 1. The third-order valence-corrected chi connectivity index (χ3v) is 3.90. The third-order valence-electron chi connectivity index (χ3n) is 3.90. The molecule has 0 fully saturated rings. The monoisotopic (exact) mass is 355 g/mol. The van der Waals surface area contributed by atoms with Gasteiger partial charge in [-0.25, -0.2) is 4.39 Å². The van der Waals surface area contributed by atoms with Crippen LogP contribution in [0.25, 0.3) is 11.4 Å². The van der Waals surface area contributed by atoms with Crippen LogP contribution < -0.4 is 4.74 Å². The summed E-state index contributed by atoms with van der Waals surface area (Å²) in [7, 11) is 1.60. The summed E-state index contributed by atoms with van der Waals surface area (Å²) in [6.45, 7) is 2.48. The van der Waals surface area contributed by atoms with Crippen LogP contribution in [-0.4, -0.2) is 34.6 Å². The van der Waals surface area contributed by atoms with Crippen LogP contribution in [0, 0.1) is 5.82 Å². The number of carbonyl (C=O) groups excluding carboxylic acids is 1. The standard InChI is InChI=1S/C19H18FN3O3/c1-3-23(19(24)14-4-8-15(20)9-5-14)12-17-21-18(22-26-17)13-6-10-16(25-2)11-7-13/h4-11H,3,12H2,1-2H3. The van der Waals surface area contributed by atoms with E-state index < -0.39 is 0 Å². The van der Waals surface area contributed by atoms with Crippen molar-refractivity contribution < 1.29 is 18.4 Å². The summed E-state index contributed by atoms with van der Waals surface area (Å²) in [4.78, 5) is 18.4. The largest absolute Gasteiger partial charge is 0.497 e. The number of amides is 1. The molecule has 0 aliphatic carbocycles. The van der Waals surface area contributed by atoms with Gasteiger partial charge in [-0.3, -0.25) is 4.79 Å². The minimum atomic E-state index is -0.384. The summed E-state index contributed by atoms with van der Waals surface area (Å²) < 4.78 is 23.4. The van der Waals surface area contributed by atoms with Gasteiger partial charge < -0.3 is 14.2 Å². The number of methoxy groups -OCH3 is 1. The summed E-state index contributed by atoms with van der Waals surface area (Å²) in [5, 5.41) is 3.96. The summed E-state index contributed by atoms with van der Waals surface area (Å²) >= 11 is 0. The van der Waals surface area contributed by atoms with E-state index in [1.54, 1.807) is 12.0 Å². The van der Waals surface area contributed by atoms with Crippen molar-refractivity contribution in [2.24, 2.45) is 0 Å². The van der Waals surface area contributed by atoms with Crippen molar-refractivity contribution >= 4 is 5.91 Å². The van der Waals surface area contributed by atoms with E-state index in [9.17, 15) is 9.18 Å². The molecule has 0 aliphatic heterocycles. The highest BCUT2D eigenvalue weighted by Crippen LogP contribution is 2.20. The van der Waals surface area contributed by atoms with Crippen LogP contribution in [0.1, 0.15) is 23.2 Å². The van der Waals surface area contributed by atoms with Crippen LogP contribution >= 0.6 is 0 Å². The van der Waals surface area contributed by atoms with E-state index in [1.807, 2.05) is 31.2 Å². The summed E-state index contributed by atoms with van der Waals surface area (Å²) in [5.41, 5.74) is 1.19. The molecule has 0 spiro atoms. The van der Waals surface area contributed by atoms with Gasteiger partial charge in [0.15, 0.2) is 0 Å². The fraction of sp³-hybridized carbons (Fsp3) is 0.211. The van der Waals surface area contributed by atoms with Gasteiger partial charge in [0, 0.05) is 17.7 Å². The molecule has 26 heavy (non-hydrogen) atoms. The Morgan fingerprint density at radius 1 is 1.15 bits per heavy atom. The number of ether oxygens (including phenoxy) is 1. The molecule has 0 bridgehead atoms. The van der Waals surface area contributed by atoms with Crippen LogP contribution in [-0.2, 0) is 6.54 Å². The second kappa shape index (κ2) is 7.77. The number of nitrogens with zero attached hydrogens (tertiary/aromatic N) is 3. The zero-order valence-corrected chi connectivity index (χ0v) is 14.5. The summed E-state index contributed by atoms with van der Waals surface area (Å²) in [6.07, 6.45) is 0. The van der Waals surface area contributed by atoms with Crippen molar-refractivity contribution in [3.05, 3.63) is 65.8 Å². The van der Waals surface area contributed by atoms with Crippen molar-refractivity contribution in [3.8, 4) is 17.1 Å². The number of hydrogen-bond acceptors (Lipinski definition) is 5. The maximum absolute atomic E-state index is 13.0. The Bertz CT molecular complexity index is 876. The van der Waals surface area contributed by atoms with E-state index >= 15 is 0 Å². The first kappa shape index (κ1) is 17.6. The molecule has 7 heteroatoms. The topological polar surface area (TPSA) is 68.5 Å². The number of rotatable bonds is 6. The number of carbonyl (C=O) groups is 1. The molecule has 0 atom stereocenters. The third kappa shape index (κ3) is 3.88. The van der Waals surface area contributed by atoms with Gasteiger partial charge in [0.25, 0.3) is 5.91 Å². The minimum Gasteiger partial charge on any atom is -0.497 e. The van der Waals surface area contributed by atoms with Gasteiger partial charge in [0.1, 0.15) is 18.1 Å². The molecule has 1 heterocycles. The number of benzene rings is 2. The van der Waals surface area contributed by atoms with Crippen molar-refractivity contribution in [1.82, 2.24) is 15.0 Å². The lowest BCUT2D eigenvalue weighted by Crippen LogP contribution is -2.30. The Balaban J connectivity index is 1.73. The molecule has 0 aliphatic rings. The van der Waals surface area contributed by atoms with E-state index in [-0.39, 0.29) is 18.3 Å². The maximum atomic E-state index is 13.0. The van der Waals surface area contributed by atoms with Crippen LogP contribution in [0.4, 0.5) is 4.39 Å². The molecule has 0 unspecified atom stereocenters. The van der Waals surface area contributed by atoms with Crippen molar-refractivity contribution in [1.29, 1.82) is 0 Å². The van der Waals surface area contributed by atoms with Gasteiger partial charge in [-0.15, -0.1) is 0 Å². The summed E-state index contributed by atoms with van der Waals surface area (Å²) in [6, 6.07) is 12.7. The fourth-order valence-corrected chi connectivity index (χ4v) is 2.44. The van der Waals surface area contributed by atoms with Crippen LogP contribution in [0.5, 0.6) is 5.75 Å². The van der Waals surface area contributed by atoms with E-state index in [0.717, 1.165) is 11.3 Å². The van der Waals surface area contributed by atoms with Gasteiger partial charge >= 0.3 is 0 Å². The van der Waals surface area contributed by atoms with Gasteiger partial charge in [0.2, 0.25) is 11.7 Å². The average Bonchev–Trinajstić information content (AvgIpc) is 3.15. The van der Waals surface area contributed by atoms with E-state index in [0.29, 0.717) is 23.8 Å². The molecule has 1 aromatic heterocycles. The highest BCUT2D eigenvalue weighted by molar-refractivity contribution is 5.94. The zero-order chi connectivity index (χ0) is 18.5. The first-order valence-corrected chi connectivity index (χ1v) is 8.12. The second-order valence-electron chi connectivity index (χ2n) is 5.57. The first-order valence-electron chi connectivity index (χ1n) is 8.12. The zero-order valence-electron chi connectivity index (χ0n) is 14.5.